The van der Waals surface area contributed by atoms with Crippen molar-refractivity contribution in [2.45, 2.75) is 51.7 Å². The Morgan fingerprint density at radius 1 is 1.32 bits per heavy atom. The van der Waals surface area contributed by atoms with Gasteiger partial charge in [0, 0.05) is 25.3 Å². The molecule has 0 bridgehead atoms. The predicted octanol–water partition coefficient (Wildman–Crippen LogP) is 3.10. The van der Waals surface area contributed by atoms with E-state index in [4.69, 9.17) is 14.5 Å². The maximum Gasteiger partial charge on any atom is 0.191 e. The van der Waals surface area contributed by atoms with Gasteiger partial charge in [-0.2, -0.15) is 0 Å². The van der Waals surface area contributed by atoms with Gasteiger partial charge in [0.25, 0.3) is 0 Å². The van der Waals surface area contributed by atoms with Gasteiger partial charge in [-0.3, -0.25) is 0 Å². The van der Waals surface area contributed by atoms with E-state index in [2.05, 4.69) is 30.5 Å². The first-order valence-corrected chi connectivity index (χ1v) is 9.55. The van der Waals surface area contributed by atoms with Crippen molar-refractivity contribution in [2.24, 2.45) is 10.9 Å². The van der Waals surface area contributed by atoms with Crippen molar-refractivity contribution in [2.75, 3.05) is 26.3 Å². The Hall–Kier alpha value is -1.75. The average molecular weight is 345 g/mol. The number of hydrogen-bond acceptors (Lipinski definition) is 3. The Bertz CT molecular complexity index is 578. The first-order chi connectivity index (χ1) is 12.2. The molecule has 25 heavy (non-hydrogen) atoms. The largest absolute Gasteiger partial charge is 0.493 e. The highest BCUT2D eigenvalue weighted by molar-refractivity contribution is 5.79. The number of rotatable bonds is 8. The summed E-state index contributed by atoms with van der Waals surface area (Å²) in [6.07, 6.45) is 4.83. The van der Waals surface area contributed by atoms with Crippen molar-refractivity contribution in [3.05, 3.63) is 29.8 Å². The molecular weight excluding hydrogens is 314 g/mol. The molecule has 1 aromatic carbocycles. The molecule has 2 fully saturated rings. The highest BCUT2D eigenvalue weighted by Crippen LogP contribution is 2.30. The minimum atomic E-state index is -0.0819. The molecule has 3 rings (SSSR count). The summed E-state index contributed by atoms with van der Waals surface area (Å²) in [6, 6.07) is 8.21. The Kier molecular flexibility index (Phi) is 6.19. The van der Waals surface area contributed by atoms with Gasteiger partial charge < -0.3 is 20.1 Å². The third-order valence-corrected chi connectivity index (χ3v) is 4.83. The van der Waals surface area contributed by atoms with E-state index >= 15 is 0 Å². The van der Waals surface area contributed by atoms with Crippen LogP contribution in [0.2, 0.25) is 0 Å². The predicted molar refractivity (Wildman–Crippen MR) is 101 cm³/mol. The molecule has 1 unspecified atom stereocenters. The van der Waals surface area contributed by atoms with Crippen LogP contribution in [0.4, 0.5) is 0 Å². The molecular formula is C20H31N3O2. The molecule has 2 aliphatic rings. The van der Waals surface area contributed by atoms with Crippen molar-refractivity contribution in [1.82, 2.24) is 10.6 Å². The fourth-order valence-corrected chi connectivity index (χ4v) is 3.02. The summed E-state index contributed by atoms with van der Waals surface area (Å²) < 4.78 is 11.8. The summed E-state index contributed by atoms with van der Waals surface area (Å²) in [5.41, 5.74) is 1.05. The lowest BCUT2D eigenvalue weighted by Gasteiger charge is -2.24. The number of nitrogens with zero attached hydrogens (tertiary/aromatic N) is 1. The molecule has 5 heteroatoms. The number of para-hydroxylation sites is 1. The molecule has 5 nitrogen and oxygen atoms in total. The fourth-order valence-electron chi connectivity index (χ4n) is 3.02. The van der Waals surface area contributed by atoms with E-state index < -0.39 is 0 Å². The minimum absolute atomic E-state index is 0.0819. The van der Waals surface area contributed by atoms with Crippen LogP contribution in [0.5, 0.6) is 5.75 Å². The molecule has 138 valence electrons. The van der Waals surface area contributed by atoms with Gasteiger partial charge in [-0.1, -0.05) is 18.2 Å². The molecule has 1 saturated heterocycles. The zero-order valence-corrected chi connectivity index (χ0v) is 15.5. The topological polar surface area (TPSA) is 54.9 Å². The number of benzene rings is 1. The quantitative estimate of drug-likeness (QED) is 0.561. The van der Waals surface area contributed by atoms with E-state index in [1.165, 1.54) is 12.8 Å². The minimum Gasteiger partial charge on any atom is -0.493 e. The summed E-state index contributed by atoms with van der Waals surface area (Å²) in [4.78, 5) is 4.74. The molecule has 1 aliphatic carbocycles. The van der Waals surface area contributed by atoms with E-state index in [0.717, 1.165) is 62.3 Å². The summed E-state index contributed by atoms with van der Waals surface area (Å²) in [7, 11) is 0. The normalized spacial score (nSPS) is 23.5. The van der Waals surface area contributed by atoms with Crippen molar-refractivity contribution in [1.29, 1.82) is 0 Å². The summed E-state index contributed by atoms with van der Waals surface area (Å²) in [5.74, 6) is 2.54. The van der Waals surface area contributed by atoms with Gasteiger partial charge in [-0.15, -0.1) is 0 Å². The van der Waals surface area contributed by atoms with Gasteiger partial charge in [0.2, 0.25) is 0 Å². The van der Waals surface area contributed by atoms with Crippen LogP contribution in [0.1, 0.15) is 45.1 Å². The first kappa shape index (κ1) is 18.1. The van der Waals surface area contributed by atoms with Crippen LogP contribution in [0.25, 0.3) is 0 Å². The second-order valence-corrected chi connectivity index (χ2v) is 7.31. The van der Waals surface area contributed by atoms with E-state index in [1.807, 2.05) is 18.2 Å². The van der Waals surface area contributed by atoms with Crippen LogP contribution >= 0.6 is 0 Å². The molecule has 0 spiro atoms. The molecule has 0 amide bonds. The summed E-state index contributed by atoms with van der Waals surface area (Å²) in [5, 5.41) is 6.74. The Labute approximate surface area is 151 Å². The maximum absolute atomic E-state index is 5.98. The van der Waals surface area contributed by atoms with Gasteiger partial charge in [0.05, 0.1) is 18.8 Å². The van der Waals surface area contributed by atoms with Gasteiger partial charge in [-0.25, -0.2) is 4.99 Å². The number of ether oxygens (including phenoxy) is 2. The van der Waals surface area contributed by atoms with Gasteiger partial charge >= 0.3 is 0 Å². The lowest BCUT2D eigenvalue weighted by atomic mass is 10.0. The van der Waals surface area contributed by atoms with Crippen LogP contribution in [-0.2, 0) is 11.3 Å². The van der Waals surface area contributed by atoms with Crippen molar-refractivity contribution < 1.29 is 9.47 Å². The summed E-state index contributed by atoms with van der Waals surface area (Å²) >= 11 is 0. The molecule has 0 radical (unpaired) electrons. The van der Waals surface area contributed by atoms with Crippen LogP contribution in [0, 0.1) is 5.92 Å². The molecule has 1 aromatic rings. The van der Waals surface area contributed by atoms with Crippen molar-refractivity contribution >= 4 is 5.96 Å². The van der Waals surface area contributed by atoms with Crippen LogP contribution in [0.3, 0.4) is 0 Å². The van der Waals surface area contributed by atoms with E-state index in [-0.39, 0.29) is 5.60 Å². The number of aliphatic imine (C=N–C) groups is 1. The SMILES string of the molecule is CCNC(=NCc1ccccc1OCC1CC1)NCC1(C)CCCO1. The lowest BCUT2D eigenvalue weighted by Crippen LogP contribution is -2.45. The Balaban J connectivity index is 1.58. The molecule has 1 saturated carbocycles. The monoisotopic (exact) mass is 345 g/mol. The van der Waals surface area contributed by atoms with E-state index in [0.29, 0.717) is 6.54 Å². The van der Waals surface area contributed by atoms with Crippen LogP contribution in [0.15, 0.2) is 29.3 Å². The molecule has 0 aromatic heterocycles. The molecule has 2 N–H and O–H groups in total. The lowest BCUT2D eigenvalue weighted by molar-refractivity contribution is 0.0243. The summed E-state index contributed by atoms with van der Waals surface area (Å²) in [6.45, 7) is 8.15. The standard InChI is InChI=1S/C20H31N3O2/c1-3-21-19(23-15-20(2)11-6-12-25-20)22-13-17-7-4-5-8-18(17)24-14-16-9-10-16/h4-5,7-8,16H,3,6,9-15H2,1-2H3,(H2,21,22,23). The average Bonchev–Trinajstić information content (AvgIpc) is 3.36. The second-order valence-electron chi connectivity index (χ2n) is 7.31. The smallest absolute Gasteiger partial charge is 0.191 e. The Morgan fingerprint density at radius 3 is 2.88 bits per heavy atom. The van der Waals surface area contributed by atoms with Gasteiger partial charge in [0.1, 0.15) is 5.75 Å². The fraction of sp³-hybridized carbons (Fsp3) is 0.650. The third kappa shape index (κ3) is 5.63. The second kappa shape index (κ2) is 8.56. The zero-order chi connectivity index (χ0) is 17.5. The van der Waals surface area contributed by atoms with Crippen molar-refractivity contribution in [3.8, 4) is 5.75 Å². The number of nitrogens with one attached hydrogen (secondary N) is 2. The number of hydrogen-bond donors (Lipinski definition) is 2. The number of guanidine groups is 1. The van der Waals surface area contributed by atoms with Gasteiger partial charge in [0.15, 0.2) is 5.96 Å². The van der Waals surface area contributed by atoms with Crippen LogP contribution in [-0.4, -0.2) is 37.9 Å². The van der Waals surface area contributed by atoms with Crippen LogP contribution < -0.4 is 15.4 Å². The highest BCUT2D eigenvalue weighted by Gasteiger charge is 2.29. The molecule has 1 heterocycles. The highest BCUT2D eigenvalue weighted by atomic mass is 16.5. The van der Waals surface area contributed by atoms with Gasteiger partial charge in [-0.05, 0) is 51.5 Å². The molecule has 1 aliphatic heterocycles. The third-order valence-electron chi connectivity index (χ3n) is 4.83. The van der Waals surface area contributed by atoms with E-state index in [1.54, 1.807) is 0 Å². The molecule has 1 atom stereocenters. The van der Waals surface area contributed by atoms with Crippen molar-refractivity contribution in [3.63, 3.8) is 0 Å². The maximum atomic E-state index is 5.98. The zero-order valence-electron chi connectivity index (χ0n) is 15.5. The Morgan fingerprint density at radius 2 is 2.16 bits per heavy atom. The van der Waals surface area contributed by atoms with E-state index in [9.17, 15) is 0 Å². The first-order valence-electron chi connectivity index (χ1n) is 9.55.